The maximum Gasteiger partial charge on any atom is 0.316 e. The third-order valence-electron chi connectivity index (χ3n) is 8.66. The number of aryl methyl sites for hydroxylation is 3. The van der Waals surface area contributed by atoms with Crippen LogP contribution in [0.25, 0.3) is 0 Å². The lowest BCUT2D eigenvalue weighted by atomic mass is 9.81. The average molecular weight is 487 g/mol. The largest absolute Gasteiger partial charge is 0.426 e. The smallest absolute Gasteiger partial charge is 0.316 e. The summed E-state index contributed by atoms with van der Waals surface area (Å²) in [6.45, 7) is 6.05. The molecule has 0 spiro atoms. The molecule has 0 N–H and O–H groups in total. The van der Waals surface area contributed by atoms with Gasteiger partial charge in [0, 0.05) is 18.7 Å². The molecule has 2 aromatic rings. The van der Waals surface area contributed by atoms with Crippen molar-refractivity contribution in [3.8, 4) is 5.75 Å². The first-order chi connectivity index (χ1) is 17.2. The van der Waals surface area contributed by atoms with Crippen LogP contribution in [0.2, 0.25) is 0 Å². The summed E-state index contributed by atoms with van der Waals surface area (Å²) >= 11 is 0. The molecule has 0 unspecified atom stereocenters. The summed E-state index contributed by atoms with van der Waals surface area (Å²) in [6.07, 6.45) is 3.18. The van der Waals surface area contributed by atoms with Gasteiger partial charge in [0.2, 0.25) is 17.7 Å². The quantitative estimate of drug-likeness (QED) is 0.369. The zero-order chi connectivity index (χ0) is 25.3. The van der Waals surface area contributed by atoms with Gasteiger partial charge in [0.25, 0.3) is 0 Å². The normalized spacial score (nSPS) is 28.9. The fourth-order valence-corrected chi connectivity index (χ4v) is 6.99. The SMILES string of the molecule is Cc1ccc(N2C[C@H](C(=O)Oc3ccc(N4C(=O)[C@@H]5[C@H]6CC[C@@H](C6)[C@@H]5C4=O)c(C)c3)CC2=O)c(C)c1. The number of anilines is 2. The Hall–Kier alpha value is -3.48. The molecule has 3 amide bonds. The average Bonchev–Trinajstić information content (AvgIpc) is 3.59. The third kappa shape index (κ3) is 3.47. The van der Waals surface area contributed by atoms with Crippen LogP contribution in [0.15, 0.2) is 36.4 Å². The van der Waals surface area contributed by atoms with E-state index in [1.54, 1.807) is 23.1 Å². The van der Waals surface area contributed by atoms with Crippen LogP contribution in [0.5, 0.6) is 5.75 Å². The second-order valence-electron chi connectivity index (χ2n) is 11.0. The Balaban J connectivity index is 1.16. The molecule has 186 valence electrons. The Morgan fingerprint density at radius 2 is 1.50 bits per heavy atom. The zero-order valence-corrected chi connectivity index (χ0v) is 20.8. The lowest BCUT2D eigenvalue weighted by molar-refractivity contribution is -0.139. The van der Waals surface area contributed by atoms with Crippen molar-refractivity contribution in [2.24, 2.45) is 29.6 Å². The number of benzene rings is 2. The Bertz CT molecular complexity index is 1290. The number of amides is 3. The minimum Gasteiger partial charge on any atom is -0.426 e. The highest BCUT2D eigenvalue weighted by Crippen LogP contribution is 2.56. The standard InChI is InChI=1S/C29H30N2O5/c1-15-4-8-22(16(2)10-15)30-14-20(13-24(30)32)29(35)36-21-7-9-23(17(3)11-21)31-27(33)25-18-5-6-19(12-18)26(25)28(31)34/h4,7-11,18-20,25-26H,5-6,12-14H2,1-3H3/t18-,19-,20+,25-,26+/m0/s1. The summed E-state index contributed by atoms with van der Waals surface area (Å²) in [5.74, 6) is -0.613. The first-order valence-corrected chi connectivity index (χ1v) is 12.8. The van der Waals surface area contributed by atoms with E-state index in [9.17, 15) is 19.2 Å². The maximum absolute atomic E-state index is 13.2. The molecule has 2 aromatic carbocycles. The summed E-state index contributed by atoms with van der Waals surface area (Å²) in [4.78, 5) is 55.0. The molecule has 0 aromatic heterocycles. The lowest BCUT2D eigenvalue weighted by Crippen LogP contribution is -2.33. The first-order valence-electron chi connectivity index (χ1n) is 12.8. The van der Waals surface area contributed by atoms with Crippen molar-refractivity contribution in [2.75, 3.05) is 16.3 Å². The van der Waals surface area contributed by atoms with E-state index < -0.39 is 11.9 Å². The van der Waals surface area contributed by atoms with Gasteiger partial charge in [-0.3, -0.25) is 19.2 Å². The zero-order valence-electron chi connectivity index (χ0n) is 20.8. The minimum absolute atomic E-state index is 0.0824. The van der Waals surface area contributed by atoms with Gasteiger partial charge in [-0.25, -0.2) is 4.90 Å². The van der Waals surface area contributed by atoms with Crippen molar-refractivity contribution in [2.45, 2.75) is 46.5 Å². The van der Waals surface area contributed by atoms with E-state index in [4.69, 9.17) is 4.74 Å². The number of ether oxygens (including phenoxy) is 1. The highest BCUT2D eigenvalue weighted by Gasteiger charge is 2.61. The molecule has 2 saturated heterocycles. The van der Waals surface area contributed by atoms with E-state index in [0.717, 1.165) is 36.1 Å². The van der Waals surface area contributed by atoms with Crippen molar-refractivity contribution in [3.63, 3.8) is 0 Å². The second kappa shape index (κ2) is 8.29. The van der Waals surface area contributed by atoms with Crippen LogP contribution in [0.1, 0.15) is 42.4 Å². The minimum atomic E-state index is -0.560. The Morgan fingerprint density at radius 1 is 0.861 bits per heavy atom. The van der Waals surface area contributed by atoms with Crippen LogP contribution < -0.4 is 14.5 Å². The van der Waals surface area contributed by atoms with Crippen LogP contribution in [0.4, 0.5) is 11.4 Å². The topological polar surface area (TPSA) is 84.0 Å². The van der Waals surface area contributed by atoms with Gasteiger partial charge >= 0.3 is 5.97 Å². The summed E-state index contributed by atoms with van der Waals surface area (Å²) in [5.41, 5.74) is 4.20. The highest BCUT2D eigenvalue weighted by molar-refractivity contribution is 6.23. The number of carbonyl (C=O) groups excluding carboxylic acids is 4. The number of rotatable bonds is 4. The van der Waals surface area contributed by atoms with E-state index in [1.807, 2.05) is 39.0 Å². The molecular formula is C29H30N2O5. The fraction of sp³-hybridized carbons (Fsp3) is 0.448. The molecule has 7 nitrogen and oxygen atoms in total. The van der Waals surface area contributed by atoms with Crippen LogP contribution in [-0.2, 0) is 19.2 Å². The van der Waals surface area contributed by atoms with Gasteiger partial charge in [0.1, 0.15) is 5.75 Å². The number of hydrogen-bond acceptors (Lipinski definition) is 5. The van der Waals surface area contributed by atoms with E-state index in [0.29, 0.717) is 28.8 Å². The van der Waals surface area contributed by atoms with Crippen LogP contribution in [0.3, 0.4) is 0 Å². The van der Waals surface area contributed by atoms with Crippen molar-refractivity contribution in [1.82, 2.24) is 0 Å². The number of nitrogens with zero attached hydrogens (tertiary/aromatic N) is 2. The first kappa shape index (κ1) is 23.0. The van der Waals surface area contributed by atoms with Gasteiger partial charge in [-0.1, -0.05) is 17.7 Å². The molecule has 2 aliphatic heterocycles. The molecule has 7 heteroatoms. The predicted octanol–water partition coefficient (Wildman–Crippen LogP) is 4.11. The molecule has 4 fully saturated rings. The number of fused-ring (bicyclic) bond motifs is 5. The van der Waals surface area contributed by atoms with Gasteiger partial charge in [0.05, 0.1) is 23.4 Å². The molecular weight excluding hydrogens is 456 g/mol. The summed E-state index contributed by atoms with van der Waals surface area (Å²) in [7, 11) is 0. The third-order valence-corrected chi connectivity index (χ3v) is 8.66. The number of esters is 1. The molecule has 2 aliphatic carbocycles. The molecule has 4 aliphatic rings. The van der Waals surface area contributed by atoms with E-state index in [1.165, 1.54) is 4.90 Å². The number of imide groups is 1. The summed E-state index contributed by atoms with van der Waals surface area (Å²) in [5, 5.41) is 0. The van der Waals surface area contributed by atoms with E-state index in [-0.39, 0.29) is 42.5 Å². The number of hydrogen-bond donors (Lipinski definition) is 0. The Labute approximate surface area is 210 Å². The van der Waals surface area contributed by atoms with Crippen molar-refractivity contribution >= 4 is 35.1 Å². The Kier molecular flexibility index (Phi) is 5.28. The van der Waals surface area contributed by atoms with Crippen molar-refractivity contribution in [3.05, 3.63) is 53.1 Å². The van der Waals surface area contributed by atoms with Crippen molar-refractivity contribution < 1.29 is 23.9 Å². The fourth-order valence-electron chi connectivity index (χ4n) is 6.99. The molecule has 2 heterocycles. The van der Waals surface area contributed by atoms with E-state index in [2.05, 4.69) is 0 Å². The molecule has 6 rings (SSSR count). The molecule has 5 atom stereocenters. The van der Waals surface area contributed by atoms with Crippen LogP contribution in [0, 0.1) is 50.4 Å². The molecule has 2 bridgehead atoms. The monoisotopic (exact) mass is 486 g/mol. The number of carbonyl (C=O) groups is 4. The van der Waals surface area contributed by atoms with Gasteiger partial charge in [-0.15, -0.1) is 0 Å². The summed E-state index contributed by atoms with van der Waals surface area (Å²) < 4.78 is 5.64. The molecule has 36 heavy (non-hydrogen) atoms. The van der Waals surface area contributed by atoms with Crippen molar-refractivity contribution in [1.29, 1.82) is 0 Å². The Morgan fingerprint density at radius 3 is 2.14 bits per heavy atom. The van der Waals surface area contributed by atoms with Gasteiger partial charge in [0.15, 0.2) is 0 Å². The molecule has 2 saturated carbocycles. The van der Waals surface area contributed by atoms with Crippen LogP contribution in [-0.4, -0.2) is 30.2 Å². The lowest BCUT2D eigenvalue weighted by Gasteiger charge is -2.20. The predicted molar refractivity (Wildman–Crippen MR) is 133 cm³/mol. The van der Waals surface area contributed by atoms with Crippen LogP contribution >= 0.6 is 0 Å². The van der Waals surface area contributed by atoms with E-state index >= 15 is 0 Å². The highest BCUT2D eigenvalue weighted by atomic mass is 16.5. The van der Waals surface area contributed by atoms with Gasteiger partial charge < -0.3 is 9.64 Å². The maximum atomic E-state index is 13.2. The van der Waals surface area contributed by atoms with Gasteiger partial charge in [-0.2, -0.15) is 0 Å². The second-order valence-corrected chi connectivity index (χ2v) is 11.0. The summed E-state index contributed by atoms with van der Waals surface area (Å²) in [6, 6.07) is 10.9. The van der Waals surface area contributed by atoms with Gasteiger partial charge in [-0.05, 0) is 87.3 Å². The molecule has 0 radical (unpaired) electrons.